The molecule has 1 saturated heterocycles. The van der Waals surface area contributed by atoms with Crippen LogP contribution in [0.4, 0.5) is 16.4 Å². The van der Waals surface area contributed by atoms with Gasteiger partial charge in [-0.1, -0.05) is 0 Å². The summed E-state index contributed by atoms with van der Waals surface area (Å²) in [6.07, 6.45) is 2.56. The third-order valence-electron chi connectivity index (χ3n) is 4.84. The number of amides is 2. The van der Waals surface area contributed by atoms with Crippen LogP contribution >= 0.6 is 0 Å². The monoisotopic (exact) mass is 385 g/mol. The Morgan fingerprint density at radius 2 is 2.14 bits per heavy atom. The van der Waals surface area contributed by atoms with Gasteiger partial charge in [-0.2, -0.15) is 0 Å². The second-order valence-corrected chi connectivity index (χ2v) is 7.37. The summed E-state index contributed by atoms with van der Waals surface area (Å²) in [7, 11) is 5.67. The van der Waals surface area contributed by atoms with Crippen molar-refractivity contribution in [3.05, 3.63) is 46.1 Å². The van der Waals surface area contributed by atoms with Crippen LogP contribution in [0.1, 0.15) is 17.8 Å². The maximum absolute atomic E-state index is 12.5. The quantitative estimate of drug-likeness (QED) is 0.805. The number of H-pyrrole nitrogens is 1. The van der Waals surface area contributed by atoms with E-state index in [2.05, 4.69) is 25.2 Å². The molecule has 3 heterocycles. The van der Waals surface area contributed by atoms with Crippen molar-refractivity contribution in [3.63, 3.8) is 0 Å². The first-order valence-electron chi connectivity index (χ1n) is 9.28. The first kappa shape index (κ1) is 19.8. The Labute approximate surface area is 164 Å². The van der Waals surface area contributed by atoms with Crippen molar-refractivity contribution in [1.82, 2.24) is 24.8 Å². The topological polar surface area (TPSA) is 97.5 Å². The molecule has 1 aliphatic heterocycles. The fourth-order valence-corrected chi connectivity index (χ4v) is 3.28. The number of nitrogens with one attached hydrogen (secondary N) is 2. The van der Waals surface area contributed by atoms with E-state index >= 15 is 0 Å². The number of aryl methyl sites for hydroxylation is 1. The Morgan fingerprint density at radius 3 is 2.86 bits per heavy atom. The number of pyridine rings is 1. The highest BCUT2D eigenvalue weighted by Crippen LogP contribution is 2.18. The summed E-state index contributed by atoms with van der Waals surface area (Å²) in [6.45, 7) is 3.77. The van der Waals surface area contributed by atoms with Gasteiger partial charge in [0.25, 0.3) is 5.56 Å². The molecule has 1 aliphatic rings. The smallest absolute Gasteiger partial charge is 0.321 e. The summed E-state index contributed by atoms with van der Waals surface area (Å²) < 4.78 is 0. The highest BCUT2D eigenvalue weighted by atomic mass is 16.2. The normalized spacial score (nSPS) is 16.5. The van der Waals surface area contributed by atoms with E-state index in [-0.39, 0.29) is 17.6 Å². The van der Waals surface area contributed by atoms with E-state index in [1.807, 2.05) is 39.0 Å². The lowest BCUT2D eigenvalue weighted by atomic mass is 10.2. The van der Waals surface area contributed by atoms with Crippen LogP contribution in [0.3, 0.4) is 0 Å². The molecule has 0 aromatic carbocycles. The number of rotatable bonds is 5. The first-order valence-corrected chi connectivity index (χ1v) is 9.28. The van der Waals surface area contributed by atoms with Gasteiger partial charge in [-0.25, -0.2) is 9.78 Å². The van der Waals surface area contributed by atoms with Gasteiger partial charge in [-0.15, -0.1) is 0 Å². The van der Waals surface area contributed by atoms with E-state index in [4.69, 9.17) is 0 Å². The minimum Gasteiger partial charge on any atom is -0.348 e. The molecule has 0 aliphatic carbocycles. The summed E-state index contributed by atoms with van der Waals surface area (Å²) in [5.74, 6) is 0.538. The molecule has 9 heteroatoms. The number of carbonyl (C=O) groups is 1. The van der Waals surface area contributed by atoms with Gasteiger partial charge >= 0.3 is 6.03 Å². The Morgan fingerprint density at radius 1 is 1.36 bits per heavy atom. The van der Waals surface area contributed by atoms with Crippen molar-refractivity contribution in [2.24, 2.45) is 0 Å². The minimum absolute atomic E-state index is 0.106. The summed E-state index contributed by atoms with van der Waals surface area (Å²) >= 11 is 0. The van der Waals surface area contributed by atoms with Crippen molar-refractivity contribution in [3.8, 4) is 0 Å². The Hall–Kier alpha value is -2.94. The van der Waals surface area contributed by atoms with E-state index in [1.54, 1.807) is 17.2 Å². The van der Waals surface area contributed by atoms with Crippen LogP contribution in [0.2, 0.25) is 0 Å². The zero-order chi connectivity index (χ0) is 20.3. The molecular formula is C19H27N7O2. The van der Waals surface area contributed by atoms with Crippen LogP contribution in [0.25, 0.3) is 0 Å². The molecule has 2 aromatic rings. The largest absolute Gasteiger partial charge is 0.348 e. The second-order valence-electron chi connectivity index (χ2n) is 7.37. The van der Waals surface area contributed by atoms with Gasteiger partial charge in [0.2, 0.25) is 5.95 Å². The lowest BCUT2D eigenvalue weighted by Gasteiger charge is -2.24. The van der Waals surface area contributed by atoms with Crippen LogP contribution < -0.4 is 15.8 Å². The van der Waals surface area contributed by atoms with E-state index < -0.39 is 0 Å². The number of anilines is 2. The molecule has 1 unspecified atom stereocenters. The fourth-order valence-electron chi connectivity index (χ4n) is 3.28. The number of aromatic nitrogens is 3. The molecule has 1 fully saturated rings. The molecule has 0 bridgehead atoms. The third-order valence-corrected chi connectivity index (χ3v) is 4.84. The molecule has 0 saturated carbocycles. The molecule has 2 amide bonds. The van der Waals surface area contributed by atoms with Crippen LogP contribution in [0.5, 0.6) is 0 Å². The van der Waals surface area contributed by atoms with Crippen molar-refractivity contribution >= 4 is 17.7 Å². The van der Waals surface area contributed by atoms with Gasteiger partial charge < -0.3 is 15.1 Å². The number of hydrogen-bond donors (Lipinski definition) is 2. The average molecular weight is 385 g/mol. The first-order chi connectivity index (χ1) is 13.3. The maximum Gasteiger partial charge on any atom is 0.321 e. The Kier molecular flexibility index (Phi) is 5.93. The number of hydrogen-bond acceptors (Lipinski definition) is 6. The molecule has 150 valence electrons. The fraction of sp³-hybridized carbons (Fsp3) is 0.474. The number of carbonyl (C=O) groups excluding carboxylic acids is 1. The lowest BCUT2D eigenvalue weighted by Crippen LogP contribution is -2.38. The molecule has 3 rings (SSSR count). The van der Waals surface area contributed by atoms with Crippen molar-refractivity contribution in [2.45, 2.75) is 25.9 Å². The van der Waals surface area contributed by atoms with Crippen LogP contribution in [0.15, 0.2) is 29.2 Å². The number of urea groups is 1. The van der Waals surface area contributed by atoms with Crippen molar-refractivity contribution in [2.75, 3.05) is 44.4 Å². The molecule has 28 heavy (non-hydrogen) atoms. The second kappa shape index (κ2) is 8.39. The molecule has 2 N–H and O–H groups in total. The SMILES string of the molecule is Cc1cc(NC(=O)N2CCC(N(C)Cc3cc(=O)[nH]c(N(C)C)n3)C2)ccn1. The Bertz CT molecular complexity index is 896. The molecule has 0 spiro atoms. The number of likely N-dealkylation sites (tertiary alicyclic amines) is 1. The van der Waals surface area contributed by atoms with Gasteiger partial charge in [0.05, 0.1) is 5.69 Å². The van der Waals surface area contributed by atoms with E-state index in [0.29, 0.717) is 31.3 Å². The molecule has 9 nitrogen and oxygen atoms in total. The summed E-state index contributed by atoms with van der Waals surface area (Å²) in [5.41, 5.74) is 2.16. The maximum atomic E-state index is 12.5. The van der Waals surface area contributed by atoms with Crippen molar-refractivity contribution < 1.29 is 4.79 Å². The number of aromatic amines is 1. The minimum atomic E-state index is -0.165. The van der Waals surface area contributed by atoms with Gasteiger partial charge in [-0.05, 0) is 32.5 Å². The number of likely N-dealkylation sites (N-methyl/N-ethyl adjacent to an activating group) is 1. The van der Waals surface area contributed by atoms with Crippen molar-refractivity contribution in [1.29, 1.82) is 0 Å². The molecule has 2 aromatic heterocycles. The summed E-state index contributed by atoms with van der Waals surface area (Å²) in [6, 6.07) is 5.26. The lowest BCUT2D eigenvalue weighted by molar-refractivity contribution is 0.207. The third kappa shape index (κ3) is 4.86. The van der Waals surface area contributed by atoms with Gasteiger partial charge in [0, 0.05) is 63.4 Å². The van der Waals surface area contributed by atoms with Crippen LogP contribution in [0, 0.1) is 6.92 Å². The standard InChI is InChI=1S/C19H27N7O2/c1-13-9-14(5-7-20-13)22-19(28)26-8-6-16(12-26)25(4)11-15-10-17(27)23-18(21-15)24(2)3/h5,7,9-10,16H,6,8,11-12H2,1-4H3,(H,20,22,28)(H,21,23,27). The highest BCUT2D eigenvalue weighted by Gasteiger charge is 2.29. The van der Waals surface area contributed by atoms with E-state index in [1.165, 1.54) is 6.07 Å². The predicted octanol–water partition coefficient (Wildman–Crippen LogP) is 1.28. The predicted molar refractivity (Wildman–Crippen MR) is 109 cm³/mol. The van der Waals surface area contributed by atoms with Gasteiger partial charge in [0.1, 0.15) is 0 Å². The summed E-state index contributed by atoms with van der Waals surface area (Å²) in [5, 5.41) is 2.93. The van der Waals surface area contributed by atoms with Crippen LogP contribution in [-0.4, -0.2) is 71.1 Å². The van der Waals surface area contributed by atoms with E-state index in [9.17, 15) is 9.59 Å². The highest BCUT2D eigenvalue weighted by molar-refractivity contribution is 5.89. The summed E-state index contributed by atoms with van der Waals surface area (Å²) in [4.78, 5) is 41.5. The van der Waals surface area contributed by atoms with Gasteiger partial charge in [-0.3, -0.25) is 19.7 Å². The average Bonchev–Trinajstić information content (AvgIpc) is 3.11. The Balaban J connectivity index is 1.59. The van der Waals surface area contributed by atoms with Gasteiger partial charge in [0.15, 0.2) is 0 Å². The van der Waals surface area contributed by atoms with Crippen LogP contribution in [-0.2, 0) is 6.54 Å². The van der Waals surface area contributed by atoms with E-state index in [0.717, 1.165) is 17.8 Å². The molecular weight excluding hydrogens is 358 g/mol. The molecule has 1 atom stereocenters. The molecule has 0 radical (unpaired) electrons. The number of nitrogens with zero attached hydrogens (tertiary/aromatic N) is 5. The zero-order valence-electron chi connectivity index (χ0n) is 16.8. The zero-order valence-corrected chi connectivity index (χ0v) is 16.8.